The van der Waals surface area contributed by atoms with Gasteiger partial charge in [-0.1, -0.05) is 46.7 Å². The lowest BCUT2D eigenvalue weighted by Gasteiger charge is -2.13. The fourth-order valence-corrected chi connectivity index (χ4v) is 4.07. The van der Waals surface area contributed by atoms with Crippen molar-refractivity contribution in [2.75, 3.05) is 0 Å². The first-order valence-corrected chi connectivity index (χ1v) is 8.43. The molecule has 96 valence electrons. The lowest BCUT2D eigenvalue weighted by atomic mass is 10.1. The van der Waals surface area contributed by atoms with Gasteiger partial charge >= 0.3 is 0 Å². The fraction of sp³-hybridized carbons (Fsp3) is 0.286. The van der Waals surface area contributed by atoms with Crippen LogP contribution in [-0.2, 0) is 6.42 Å². The van der Waals surface area contributed by atoms with Gasteiger partial charge in [0.2, 0.25) is 0 Å². The third-order valence-corrected chi connectivity index (χ3v) is 5.37. The Morgan fingerprint density at radius 2 is 2.22 bits per heavy atom. The molecule has 0 amide bonds. The van der Waals surface area contributed by atoms with Gasteiger partial charge in [0, 0.05) is 15.4 Å². The summed E-state index contributed by atoms with van der Waals surface area (Å²) in [6.07, 6.45) is 1.96. The second-order valence-electron chi connectivity index (χ2n) is 4.16. The van der Waals surface area contributed by atoms with Crippen LogP contribution in [0.1, 0.15) is 18.9 Å². The Kier molecular flexibility index (Phi) is 5.30. The van der Waals surface area contributed by atoms with Crippen LogP contribution in [0.2, 0.25) is 0 Å². The zero-order valence-electron chi connectivity index (χ0n) is 10.2. The Morgan fingerprint density at radius 3 is 2.89 bits per heavy atom. The Balaban J connectivity index is 2.23. The molecule has 1 unspecified atom stereocenters. The molecule has 0 bridgehead atoms. The number of hydrogen-bond acceptors (Lipinski definition) is 3. The summed E-state index contributed by atoms with van der Waals surface area (Å²) in [5.74, 6) is 0. The Bertz CT molecular complexity index is 497. The van der Waals surface area contributed by atoms with Gasteiger partial charge in [0.05, 0.1) is 4.21 Å². The Morgan fingerprint density at radius 1 is 1.39 bits per heavy atom. The monoisotopic (exact) mass is 341 g/mol. The van der Waals surface area contributed by atoms with Crippen LogP contribution in [0, 0.1) is 0 Å². The third-order valence-electron chi connectivity index (χ3n) is 2.74. The van der Waals surface area contributed by atoms with Crippen LogP contribution < -0.4 is 5.73 Å². The zero-order chi connectivity index (χ0) is 13.0. The Hall–Kier alpha value is -0.290. The highest BCUT2D eigenvalue weighted by molar-refractivity contribution is 9.10. The average Bonchev–Trinajstić information content (AvgIpc) is 2.85. The molecule has 0 aliphatic heterocycles. The molecule has 0 radical (unpaired) electrons. The summed E-state index contributed by atoms with van der Waals surface area (Å²) in [7, 11) is 0. The van der Waals surface area contributed by atoms with E-state index in [4.69, 9.17) is 5.73 Å². The number of benzene rings is 1. The van der Waals surface area contributed by atoms with Crippen LogP contribution >= 0.6 is 39.0 Å². The minimum absolute atomic E-state index is 0.244. The van der Waals surface area contributed by atoms with E-state index < -0.39 is 0 Å². The van der Waals surface area contributed by atoms with Crippen LogP contribution in [0.4, 0.5) is 0 Å². The largest absolute Gasteiger partial charge is 0.327 e. The van der Waals surface area contributed by atoms with Gasteiger partial charge in [-0.2, -0.15) is 0 Å². The van der Waals surface area contributed by atoms with E-state index in [9.17, 15) is 0 Å². The van der Waals surface area contributed by atoms with Gasteiger partial charge in [-0.05, 0) is 42.0 Å². The lowest BCUT2D eigenvalue weighted by molar-refractivity contribution is 0.641. The van der Waals surface area contributed by atoms with Crippen molar-refractivity contribution in [3.8, 4) is 0 Å². The molecule has 1 heterocycles. The normalized spacial score (nSPS) is 12.6. The molecular formula is C14H16BrNS2. The molecule has 2 N–H and O–H groups in total. The first-order chi connectivity index (χ1) is 8.69. The number of nitrogens with two attached hydrogens (primary N) is 1. The molecule has 1 atom stereocenters. The van der Waals surface area contributed by atoms with Crippen LogP contribution in [0.15, 0.2) is 49.3 Å². The van der Waals surface area contributed by atoms with Crippen molar-refractivity contribution >= 4 is 39.0 Å². The molecule has 1 nitrogen and oxygen atoms in total. The van der Waals surface area contributed by atoms with Crippen molar-refractivity contribution in [2.45, 2.75) is 34.9 Å². The van der Waals surface area contributed by atoms with Crippen LogP contribution in [0.3, 0.4) is 0 Å². The molecule has 0 saturated carbocycles. The van der Waals surface area contributed by atoms with Crippen molar-refractivity contribution < 1.29 is 0 Å². The van der Waals surface area contributed by atoms with Gasteiger partial charge in [-0.25, -0.2) is 0 Å². The molecule has 1 aromatic heterocycles. The van der Waals surface area contributed by atoms with E-state index in [1.54, 1.807) is 11.3 Å². The average molecular weight is 342 g/mol. The molecule has 1 aromatic carbocycles. The first-order valence-electron chi connectivity index (χ1n) is 5.94. The van der Waals surface area contributed by atoms with Gasteiger partial charge in [0.1, 0.15) is 0 Å². The molecular weight excluding hydrogens is 326 g/mol. The highest BCUT2D eigenvalue weighted by atomic mass is 79.9. The molecule has 4 heteroatoms. The molecule has 0 saturated heterocycles. The molecule has 2 aromatic rings. The maximum atomic E-state index is 6.07. The third kappa shape index (κ3) is 3.85. The van der Waals surface area contributed by atoms with Gasteiger partial charge in [0.25, 0.3) is 0 Å². The second kappa shape index (κ2) is 6.75. The van der Waals surface area contributed by atoms with Crippen LogP contribution in [-0.4, -0.2) is 6.04 Å². The number of hydrogen-bond donors (Lipinski definition) is 1. The van der Waals surface area contributed by atoms with E-state index in [-0.39, 0.29) is 6.04 Å². The highest BCUT2D eigenvalue weighted by Gasteiger charge is 2.09. The predicted octanol–water partition coefficient (Wildman–Crippen LogP) is 4.94. The van der Waals surface area contributed by atoms with Crippen molar-refractivity contribution in [2.24, 2.45) is 5.73 Å². The zero-order valence-corrected chi connectivity index (χ0v) is 13.4. The van der Waals surface area contributed by atoms with Gasteiger partial charge in [0.15, 0.2) is 0 Å². The highest BCUT2D eigenvalue weighted by Crippen LogP contribution is 2.35. The topological polar surface area (TPSA) is 26.0 Å². The lowest BCUT2D eigenvalue weighted by Crippen LogP contribution is -2.21. The van der Waals surface area contributed by atoms with Crippen molar-refractivity contribution in [1.29, 1.82) is 0 Å². The van der Waals surface area contributed by atoms with Gasteiger partial charge < -0.3 is 5.73 Å². The number of rotatable bonds is 5. The van der Waals surface area contributed by atoms with E-state index in [1.807, 2.05) is 11.8 Å². The summed E-state index contributed by atoms with van der Waals surface area (Å²) in [4.78, 5) is 1.30. The summed E-state index contributed by atoms with van der Waals surface area (Å²) in [5.41, 5.74) is 7.41. The van der Waals surface area contributed by atoms with E-state index in [0.29, 0.717) is 0 Å². The molecule has 0 spiro atoms. The molecule has 2 rings (SSSR count). The van der Waals surface area contributed by atoms with E-state index in [2.05, 4.69) is 58.6 Å². The summed E-state index contributed by atoms with van der Waals surface area (Å²) in [6, 6.07) is 10.9. The maximum Gasteiger partial charge on any atom is 0.0646 e. The number of thiophene rings is 1. The minimum atomic E-state index is 0.244. The summed E-state index contributed by atoms with van der Waals surface area (Å²) in [6.45, 7) is 2.13. The Labute approximate surface area is 125 Å². The van der Waals surface area contributed by atoms with Crippen LogP contribution in [0.25, 0.3) is 0 Å². The van der Waals surface area contributed by atoms with Crippen molar-refractivity contribution in [3.05, 3.63) is 45.7 Å². The summed E-state index contributed by atoms with van der Waals surface area (Å²) in [5, 5.41) is 2.11. The van der Waals surface area contributed by atoms with Crippen molar-refractivity contribution in [3.63, 3.8) is 0 Å². The predicted molar refractivity (Wildman–Crippen MR) is 84.6 cm³/mol. The number of halogens is 1. The summed E-state index contributed by atoms with van der Waals surface area (Å²) < 4.78 is 2.44. The molecule has 18 heavy (non-hydrogen) atoms. The second-order valence-corrected chi connectivity index (χ2v) is 7.36. The van der Waals surface area contributed by atoms with Crippen molar-refractivity contribution in [1.82, 2.24) is 0 Å². The minimum Gasteiger partial charge on any atom is -0.327 e. The maximum absolute atomic E-state index is 6.07. The SMILES string of the molecule is CCC(N)Cc1ccc(Br)cc1Sc1cccs1. The quantitative estimate of drug-likeness (QED) is 0.833. The van der Waals surface area contributed by atoms with Gasteiger partial charge in [-0.15, -0.1) is 11.3 Å². The van der Waals surface area contributed by atoms with E-state index in [1.165, 1.54) is 14.7 Å². The molecule has 0 aliphatic carbocycles. The smallest absolute Gasteiger partial charge is 0.0646 e. The van der Waals surface area contributed by atoms with E-state index >= 15 is 0 Å². The molecule has 0 aliphatic rings. The van der Waals surface area contributed by atoms with Gasteiger partial charge in [-0.3, -0.25) is 0 Å². The standard InChI is InChI=1S/C14H16BrNS2/c1-2-12(16)8-10-5-6-11(15)9-13(10)18-14-4-3-7-17-14/h3-7,9,12H,2,8,16H2,1H3. The van der Waals surface area contributed by atoms with Crippen LogP contribution in [0.5, 0.6) is 0 Å². The van der Waals surface area contributed by atoms with E-state index in [0.717, 1.165) is 17.3 Å². The first kappa shape index (κ1) is 14.1. The molecule has 0 fully saturated rings. The summed E-state index contributed by atoms with van der Waals surface area (Å²) >= 11 is 7.14. The fourth-order valence-electron chi connectivity index (χ4n) is 1.65.